The number of hydrogen-bond acceptors (Lipinski definition) is 4. The summed E-state index contributed by atoms with van der Waals surface area (Å²) in [5.74, 6) is 1.02. The van der Waals surface area contributed by atoms with Crippen LogP contribution in [0.4, 0.5) is 0 Å². The molecule has 1 unspecified atom stereocenters. The van der Waals surface area contributed by atoms with E-state index in [1.54, 1.807) is 11.3 Å². The zero-order valence-electron chi connectivity index (χ0n) is 11.1. The van der Waals surface area contributed by atoms with Gasteiger partial charge >= 0.3 is 0 Å². The van der Waals surface area contributed by atoms with Crippen molar-refractivity contribution in [2.75, 3.05) is 13.2 Å². The van der Waals surface area contributed by atoms with Crippen molar-refractivity contribution in [2.24, 2.45) is 0 Å². The Morgan fingerprint density at radius 3 is 3.16 bits per heavy atom. The van der Waals surface area contributed by atoms with Crippen molar-refractivity contribution in [2.45, 2.75) is 25.8 Å². The highest BCUT2D eigenvalue weighted by atomic mass is 32.1. The van der Waals surface area contributed by atoms with Crippen LogP contribution in [0.5, 0.6) is 5.75 Å². The number of nitrogens with zero attached hydrogens (tertiary/aromatic N) is 1. The predicted molar refractivity (Wildman–Crippen MR) is 77.9 cm³/mol. The summed E-state index contributed by atoms with van der Waals surface area (Å²) < 4.78 is 5.67. The van der Waals surface area contributed by atoms with E-state index in [-0.39, 0.29) is 0 Å². The standard InChI is InChI=1S/C15H18N2OS/c1-11-17-12(10-19-11)6-8-16-14-7-9-18-15-5-3-2-4-13(14)15/h2-5,10,14,16H,6-9H2,1H3. The van der Waals surface area contributed by atoms with Crippen molar-refractivity contribution in [3.05, 3.63) is 45.9 Å². The van der Waals surface area contributed by atoms with Gasteiger partial charge in [0.25, 0.3) is 0 Å². The maximum absolute atomic E-state index is 5.67. The Kier molecular flexibility index (Phi) is 3.80. The number of hydrogen-bond donors (Lipinski definition) is 1. The van der Waals surface area contributed by atoms with Crippen LogP contribution in [-0.4, -0.2) is 18.1 Å². The minimum Gasteiger partial charge on any atom is -0.493 e. The molecule has 1 aromatic carbocycles. The van der Waals surface area contributed by atoms with Crippen LogP contribution in [0.3, 0.4) is 0 Å². The van der Waals surface area contributed by atoms with E-state index in [2.05, 4.69) is 34.7 Å². The van der Waals surface area contributed by atoms with Gasteiger partial charge in [0.05, 0.1) is 17.3 Å². The molecular weight excluding hydrogens is 256 g/mol. The summed E-state index contributed by atoms with van der Waals surface area (Å²) in [5, 5.41) is 6.91. The number of nitrogens with one attached hydrogen (secondary N) is 1. The van der Waals surface area contributed by atoms with E-state index in [0.29, 0.717) is 6.04 Å². The van der Waals surface area contributed by atoms with Crippen molar-refractivity contribution in [1.82, 2.24) is 10.3 Å². The second-order valence-electron chi connectivity index (χ2n) is 4.79. The Balaban J connectivity index is 1.59. The third-order valence-electron chi connectivity index (χ3n) is 3.40. The summed E-state index contributed by atoms with van der Waals surface area (Å²) in [4.78, 5) is 4.49. The van der Waals surface area contributed by atoms with Gasteiger partial charge in [-0.2, -0.15) is 0 Å². The summed E-state index contributed by atoms with van der Waals surface area (Å²) >= 11 is 1.72. The van der Waals surface area contributed by atoms with Gasteiger partial charge in [0, 0.05) is 36.4 Å². The Morgan fingerprint density at radius 2 is 2.32 bits per heavy atom. The molecule has 4 heteroatoms. The number of para-hydroxylation sites is 1. The molecule has 1 N–H and O–H groups in total. The second-order valence-corrected chi connectivity index (χ2v) is 5.85. The summed E-state index contributed by atoms with van der Waals surface area (Å²) in [6.07, 6.45) is 2.02. The number of aryl methyl sites for hydroxylation is 1. The summed E-state index contributed by atoms with van der Waals surface area (Å²) in [5.41, 5.74) is 2.47. The van der Waals surface area contributed by atoms with E-state index in [4.69, 9.17) is 4.74 Å². The van der Waals surface area contributed by atoms with Gasteiger partial charge in [-0.15, -0.1) is 11.3 Å². The maximum atomic E-state index is 5.67. The first-order valence-electron chi connectivity index (χ1n) is 6.69. The van der Waals surface area contributed by atoms with Crippen LogP contribution in [-0.2, 0) is 6.42 Å². The van der Waals surface area contributed by atoms with Gasteiger partial charge in [-0.1, -0.05) is 18.2 Å². The van der Waals surface area contributed by atoms with E-state index in [9.17, 15) is 0 Å². The number of benzene rings is 1. The highest BCUT2D eigenvalue weighted by Crippen LogP contribution is 2.31. The molecule has 3 nitrogen and oxygen atoms in total. The van der Waals surface area contributed by atoms with Gasteiger partial charge in [0.1, 0.15) is 5.75 Å². The van der Waals surface area contributed by atoms with Crippen molar-refractivity contribution in [3.63, 3.8) is 0 Å². The number of aromatic nitrogens is 1. The van der Waals surface area contributed by atoms with Gasteiger partial charge < -0.3 is 10.1 Å². The van der Waals surface area contributed by atoms with Gasteiger partial charge in [0.15, 0.2) is 0 Å². The van der Waals surface area contributed by atoms with Crippen LogP contribution < -0.4 is 10.1 Å². The molecule has 0 amide bonds. The van der Waals surface area contributed by atoms with E-state index in [1.165, 1.54) is 11.3 Å². The predicted octanol–water partition coefficient (Wildman–Crippen LogP) is 3.11. The number of rotatable bonds is 4. The van der Waals surface area contributed by atoms with E-state index >= 15 is 0 Å². The quantitative estimate of drug-likeness (QED) is 0.930. The van der Waals surface area contributed by atoms with E-state index < -0.39 is 0 Å². The topological polar surface area (TPSA) is 34.2 Å². The number of thiazole rings is 1. The first-order chi connectivity index (χ1) is 9.33. The normalized spacial score (nSPS) is 17.8. The van der Waals surface area contributed by atoms with Crippen molar-refractivity contribution < 1.29 is 4.74 Å². The Bertz CT molecular complexity index is 553. The molecule has 100 valence electrons. The average Bonchev–Trinajstić information content (AvgIpc) is 2.85. The van der Waals surface area contributed by atoms with Crippen LogP contribution in [0, 0.1) is 6.92 Å². The lowest BCUT2D eigenvalue weighted by molar-refractivity contribution is 0.253. The van der Waals surface area contributed by atoms with Crippen LogP contribution >= 0.6 is 11.3 Å². The molecule has 3 rings (SSSR count). The molecule has 0 saturated heterocycles. The maximum Gasteiger partial charge on any atom is 0.124 e. The van der Waals surface area contributed by atoms with Crippen LogP contribution in [0.25, 0.3) is 0 Å². The molecule has 0 spiro atoms. The molecule has 2 heterocycles. The molecular formula is C15H18N2OS. The van der Waals surface area contributed by atoms with Crippen LogP contribution in [0.2, 0.25) is 0 Å². The number of ether oxygens (including phenoxy) is 1. The lowest BCUT2D eigenvalue weighted by atomic mass is 10.0. The fourth-order valence-electron chi connectivity index (χ4n) is 2.45. The Labute approximate surface area is 117 Å². The second kappa shape index (κ2) is 5.72. The third kappa shape index (κ3) is 2.96. The fourth-order valence-corrected chi connectivity index (χ4v) is 3.10. The van der Waals surface area contributed by atoms with Gasteiger partial charge in [0.2, 0.25) is 0 Å². The monoisotopic (exact) mass is 274 g/mol. The lowest BCUT2D eigenvalue weighted by Crippen LogP contribution is -2.28. The van der Waals surface area contributed by atoms with Gasteiger partial charge in [-0.3, -0.25) is 0 Å². The summed E-state index contributed by atoms with van der Waals surface area (Å²) in [6.45, 7) is 3.81. The minimum absolute atomic E-state index is 0.407. The average molecular weight is 274 g/mol. The van der Waals surface area contributed by atoms with Crippen molar-refractivity contribution in [1.29, 1.82) is 0 Å². The van der Waals surface area contributed by atoms with Gasteiger partial charge in [-0.05, 0) is 13.0 Å². The molecule has 1 aromatic heterocycles. The molecule has 0 bridgehead atoms. The molecule has 1 atom stereocenters. The Hall–Kier alpha value is -1.39. The molecule has 19 heavy (non-hydrogen) atoms. The SMILES string of the molecule is Cc1nc(CCNC2CCOc3ccccc32)cs1. The van der Waals surface area contributed by atoms with Gasteiger partial charge in [-0.25, -0.2) is 4.98 Å². The zero-order chi connectivity index (χ0) is 13.1. The molecule has 2 aromatic rings. The first kappa shape index (κ1) is 12.6. The molecule has 1 aliphatic heterocycles. The molecule has 0 aliphatic carbocycles. The smallest absolute Gasteiger partial charge is 0.124 e. The molecule has 0 saturated carbocycles. The molecule has 0 fully saturated rings. The summed E-state index contributed by atoms with van der Waals surface area (Å²) in [7, 11) is 0. The third-order valence-corrected chi connectivity index (χ3v) is 4.22. The molecule has 1 aliphatic rings. The first-order valence-corrected chi connectivity index (χ1v) is 7.57. The molecule has 0 radical (unpaired) electrons. The Morgan fingerprint density at radius 1 is 1.42 bits per heavy atom. The highest BCUT2D eigenvalue weighted by molar-refractivity contribution is 7.09. The minimum atomic E-state index is 0.407. The summed E-state index contributed by atoms with van der Waals surface area (Å²) in [6, 6.07) is 8.71. The van der Waals surface area contributed by atoms with Crippen molar-refractivity contribution in [3.8, 4) is 5.75 Å². The van der Waals surface area contributed by atoms with E-state index in [1.807, 2.05) is 12.1 Å². The lowest BCUT2D eigenvalue weighted by Gasteiger charge is -2.26. The largest absolute Gasteiger partial charge is 0.493 e. The van der Waals surface area contributed by atoms with E-state index in [0.717, 1.165) is 36.8 Å². The highest BCUT2D eigenvalue weighted by Gasteiger charge is 2.20. The zero-order valence-corrected chi connectivity index (χ0v) is 11.9. The fraction of sp³-hybridized carbons (Fsp3) is 0.400. The number of fused-ring (bicyclic) bond motifs is 1. The van der Waals surface area contributed by atoms with Crippen molar-refractivity contribution >= 4 is 11.3 Å². The van der Waals surface area contributed by atoms with Crippen LogP contribution in [0.15, 0.2) is 29.6 Å². The van der Waals surface area contributed by atoms with Crippen LogP contribution in [0.1, 0.15) is 28.7 Å².